The molecule has 1 aliphatic carbocycles. The minimum atomic E-state index is -0.951. The van der Waals surface area contributed by atoms with Gasteiger partial charge in [-0.2, -0.15) is 0 Å². The number of carbonyl (C=O) groups excluding carboxylic acids is 4. The zero-order chi connectivity index (χ0) is 24.3. The summed E-state index contributed by atoms with van der Waals surface area (Å²) in [6, 6.07) is 12.9. The number of fused-ring (bicyclic) bond motifs is 2. The number of piperidine rings is 2. The average molecular weight is 473 g/mol. The molecule has 4 amide bonds. The Labute approximate surface area is 203 Å². The van der Waals surface area contributed by atoms with Crippen molar-refractivity contribution in [2.24, 2.45) is 11.1 Å². The SMILES string of the molecule is NC1c2ccccc2CC12CCN(Cc1cccc3c1C(=O)N(C1CCC(=O)NC1=O)C3=O)CC2. The van der Waals surface area contributed by atoms with Crippen molar-refractivity contribution in [2.75, 3.05) is 13.1 Å². The van der Waals surface area contributed by atoms with Gasteiger partial charge in [0.2, 0.25) is 11.8 Å². The van der Waals surface area contributed by atoms with Gasteiger partial charge in [0.05, 0.1) is 11.1 Å². The summed E-state index contributed by atoms with van der Waals surface area (Å²) in [6.07, 6.45) is 3.23. The van der Waals surface area contributed by atoms with Crippen molar-refractivity contribution in [1.82, 2.24) is 15.1 Å². The lowest BCUT2D eigenvalue weighted by molar-refractivity contribution is -0.136. The van der Waals surface area contributed by atoms with E-state index in [1.807, 2.05) is 6.07 Å². The molecule has 2 aromatic rings. The number of hydrogen-bond donors (Lipinski definition) is 2. The fraction of sp³-hybridized carbons (Fsp3) is 0.407. The molecule has 3 N–H and O–H groups in total. The fourth-order valence-electron chi connectivity index (χ4n) is 6.42. The molecule has 2 atom stereocenters. The number of amides is 4. The Kier molecular flexibility index (Phi) is 5.12. The van der Waals surface area contributed by atoms with Gasteiger partial charge in [0.25, 0.3) is 11.8 Å². The molecule has 3 heterocycles. The van der Waals surface area contributed by atoms with Crippen LogP contribution < -0.4 is 11.1 Å². The first-order chi connectivity index (χ1) is 16.9. The second-order valence-corrected chi connectivity index (χ2v) is 10.3. The third kappa shape index (κ3) is 3.43. The number of likely N-dealkylation sites (tertiary alicyclic amines) is 1. The summed E-state index contributed by atoms with van der Waals surface area (Å²) in [6.45, 7) is 2.29. The van der Waals surface area contributed by atoms with Crippen LogP contribution in [0.3, 0.4) is 0 Å². The highest BCUT2D eigenvalue weighted by molar-refractivity contribution is 6.24. The van der Waals surface area contributed by atoms with Crippen molar-refractivity contribution in [3.63, 3.8) is 0 Å². The third-order valence-electron chi connectivity index (χ3n) is 8.39. The second-order valence-electron chi connectivity index (χ2n) is 10.3. The molecule has 8 nitrogen and oxygen atoms in total. The zero-order valence-corrected chi connectivity index (χ0v) is 19.5. The van der Waals surface area contributed by atoms with Crippen LogP contribution in [0.25, 0.3) is 0 Å². The van der Waals surface area contributed by atoms with Crippen LogP contribution in [-0.2, 0) is 22.6 Å². The van der Waals surface area contributed by atoms with Gasteiger partial charge in [-0.05, 0) is 66.9 Å². The highest BCUT2D eigenvalue weighted by atomic mass is 16.2. The monoisotopic (exact) mass is 472 g/mol. The maximum absolute atomic E-state index is 13.4. The Morgan fingerprint density at radius 2 is 1.74 bits per heavy atom. The molecule has 0 aromatic heterocycles. The molecule has 0 radical (unpaired) electrons. The predicted octanol–water partition coefficient (Wildman–Crippen LogP) is 1.93. The maximum atomic E-state index is 13.4. The van der Waals surface area contributed by atoms with Gasteiger partial charge >= 0.3 is 0 Å². The normalized spacial score (nSPS) is 25.7. The standard InChI is InChI=1S/C27H28N4O4/c28-23-18-6-2-1-4-16(18)14-27(23)10-12-30(13-11-27)15-17-5-3-7-19-22(17)26(35)31(25(19)34)20-8-9-21(32)29-24(20)33/h1-7,20,23H,8-15,28H2,(H,29,32,33). The number of nitrogens with zero attached hydrogens (tertiary/aromatic N) is 2. The first-order valence-corrected chi connectivity index (χ1v) is 12.3. The number of rotatable bonds is 3. The van der Waals surface area contributed by atoms with Crippen molar-refractivity contribution >= 4 is 23.6 Å². The van der Waals surface area contributed by atoms with Gasteiger partial charge in [-0.15, -0.1) is 0 Å². The molecule has 0 bridgehead atoms. The number of nitrogens with one attached hydrogen (secondary N) is 1. The van der Waals surface area contributed by atoms with E-state index in [2.05, 4.69) is 34.5 Å². The molecule has 1 spiro atoms. The highest BCUT2D eigenvalue weighted by Crippen LogP contribution is 2.50. The quantitative estimate of drug-likeness (QED) is 0.660. The van der Waals surface area contributed by atoms with Crippen molar-refractivity contribution in [3.05, 3.63) is 70.3 Å². The van der Waals surface area contributed by atoms with Crippen LogP contribution in [0.2, 0.25) is 0 Å². The molecular formula is C27H28N4O4. The van der Waals surface area contributed by atoms with Gasteiger partial charge in [0, 0.05) is 19.0 Å². The Morgan fingerprint density at radius 3 is 2.49 bits per heavy atom. The molecule has 2 aromatic carbocycles. The molecule has 6 rings (SSSR count). The van der Waals surface area contributed by atoms with Crippen LogP contribution in [0.5, 0.6) is 0 Å². The average Bonchev–Trinajstić information content (AvgIpc) is 3.27. The molecule has 8 heteroatoms. The van der Waals surface area contributed by atoms with Crippen LogP contribution in [-0.4, -0.2) is 52.6 Å². The van der Waals surface area contributed by atoms with E-state index in [1.165, 1.54) is 11.1 Å². The van der Waals surface area contributed by atoms with Crippen LogP contribution in [0.15, 0.2) is 42.5 Å². The summed E-state index contributed by atoms with van der Waals surface area (Å²) in [7, 11) is 0. The number of nitrogens with two attached hydrogens (primary N) is 1. The Bertz CT molecular complexity index is 1260. The lowest BCUT2D eigenvalue weighted by Gasteiger charge is -2.42. The van der Waals surface area contributed by atoms with Gasteiger partial charge in [-0.1, -0.05) is 36.4 Å². The molecule has 3 aliphatic heterocycles. The summed E-state index contributed by atoms with van der Waals surface area (Å²) in [4.78, 5) is 53.7. The van der Waals surface area contributed by atoms with E-state index >= 15 is 0 Å². The summed E-state index contributed by atoms with van der Waals surface area (Å²) in [5.41, 5.74) is 10.9. The van der Waals surface area contributed by atoms with Gasteiger partial charge < -0.3 is 5.73 Å². The lowest BCUT2D eigenvalue weighted by atomic mass is 9.73. The Hall–Kier alpha value is -3.36. The van der Waals surface area contributed by atoms with Crippen LogP contribution >= 0.6 is 0 Å². The number of benzene rings is 2. The minimum absolute atomic E-state index is 0.0445. The summed E-state index contributed by atoms with van der Waals surface area (Å²) in [5.74, 6) is -1.88. The molecule has 180 valence electrons. The van der Waals surface area contributed by atoms with Gasteiger partial charge in [-0.3, -0.25) is 34.3 Å². The van der Waals surface area contributed by atoms with E-state index in [-0.39, 0.29) is 30.2 Å². The van der Waals surface area contributed by atoms with Crippen molar-refractivity contribution in [2.45, 2.75) is 50.7 Å². The van der Waals surface area contributed by atoms with E-state index in [1.54, 1.807) is 12.1 Å². The van der Waals surface area contributed by atoms with Gasteiger partial charge in [0.15, 0.2) is 0 Å². The van der Waals surface area contributed by atoms with E-state index in [0.717, 1.165) is 42.8 Å². The molecule has 2 saturated heterocycles. The van der Waals surface area contributed by atoms with E-state index in [4.69, 9.17) is 5.73 Å². The molecule has 0 saturated carbocycles. The molecule has 2 unspecified atom stereocenters. The lowest BCUT2D eigenvalue weighted by Crippen LogP contribution is -2.54. The largest absolute Gasteiger partial charge is 0.323 e. The van der Waals surface area contributed by atoms with Gasteiger partial charge in [-0.25, -0.2) is 0 Å². The van der Waals surface area contributed by atoms with Crippen molar-refractivity contribution in [1.29, 1.82) is 0 Å². The fourth-order valence-corrected chi connectivity index (χ4v) is 6.42. The Morgan fingerprint density at radius 1 is 0.971 bits per heavy atom. The van der Waals surface area contributed by atoms with Gasteiger partial charge in [0.1, 0.15) is 6.04 Å². The number of carbonyl (C=O) groups is 4. The van der Waals surface area contributed by atoms with Crippen LogP contribution in [0, 0.1) is 5.41 Å². The summed E-state index contributed by atoms with van der Waals surface area (Å²) < 4.78 is 0. The zero-order valence-electron chi connectivity index (χ0n) is 19.5. The molecule has 4 aliphatic rings. The topological polar surface area (TPSA) is 113 Å². The first-order valence-electron chi connectivity index (χ1n) is 12.3. The summed E-state index contributed by atoms with van der Waals surface area (Å²) in [5, 5.41) is 2.25. The summed E-state index contributed by atoms with van der Waals surface area (Å²) >= 11 is 0. The number of imide groups is 2. The molecular weight excluding hydrogens is 444 g/mol. The van der Waals surface area contributed by atoms with E-state index in [0.29, 0.717) is 17.7 Å². The second kappa shape index (κ2) is 8.10. The highest BCUT2D eigenvalue weighted by Gasteiger charge is 2.47. The first kappa shape index (κ1) is 22.1. The van der Waals surface area contributed by atoms with Crippen molar-refractivity contribution in [3.8, 4) is 0 Å². The Balaban J connectivity index is 1.19. The van der Waals surface area contributed by atoms with E-state index < -0.39 is 23.8 Å². The maximum Gasteiger partial charge on any atom is 0.262 e. The predicted molar refractivity (Wildman–Crippen MR) is 127 cm³/mol. The molecule has 35 heavy (non-hydrogen) atoms. The van der Waals surface area contributed by atoms with Crippen LogP contribution in [0.1, 0.15) is 69.1 Å². The third-order valence-corrected chi connectivity index (χ3v) is 8.39. The smallest absolute Gasteiger partial charge is 0.262 e. The van der Waals surface area contributed by atoms with E-state index in [9.17, 15) is 19.2 Å². The van der Waals surface area contributed by atoms with Crippen LogP contribution in [0.4, 0.5) is 0 Å². The van der Waals surface area contributed by atoms with Crippen molar-refractivity contribution < 1.29 is 19.2 Å². The number of hydrogen-bond acceptors (Lipinski definition) is 6. The molecule has 2 fully saturated rings. The minimum Gasteiger partial charge on any atom is -0.323 e.